The number of para-hydroxylation sites is 1. The maximum absolute atomic E-state index is 4.71. The van der Waals surface area contributed by atoms with Gasteiger partial charge >= 0.3 is 0 Å². The predicted octanol–water partition coefficient (Wildman–Crippen LogP) is 3.85. The zero-order valence-electron chi connectivity index (χ0n) is 14.0. The summed E-state index contributed by atoms with van der Waals surface area (Å²) in [6.45, 7) is 7.97. The smallest absolute Gasteiger partial charge is 0.0648 e. The zero-order chi connectivity index (χ0) is 15.6. The van der Waals surface area contributed by atoms with Crippen molar-refractivity contribution in [2.24, 2.45) is 0 Å². The number of benzene rings is 1. The van der Waals surface area contributed by atoms with Crippen LogP contribution in [0.2, 0.25) is 0 Å². The fourth-order valence-corrected chi connectivity index (χ4v) is 3.32. The maximum Gasteiger partial charge on any atom is 0.0648 e. The summed E-state index contributed by atoms with van der Waals surface area (Å²) in [5.74, 6) is 0. The van der Waals surface area contributed by atoms with E-state index >= 15 is 0 Å². The average Bonchev–Trinajstić information content (AvgIpc) is 2.93. The highest BCUT2D eigenvalue weighted by Gasteiger charge is 2.25. The summed E-state index contributed by atoms with van der Waals surface area (Å²) in [5, 5.41) is 8.38. The molecule has 3 heteroatoms. The summed E-state index contributed by atoms with van der Waals surface area (Å²) in [7, 11) is 0. The Kier molecular flexibility index (Phi) is 4.34. The fourth-order valence-electron chi connectivity index (χ4n) is 3.32. The highest BCUT2D eigenvalue weighted by atomic mass is 15.3. The quantitative estimate of drug-likeness (QED) is 0.932. The van der Waals surface area contributed by atoms with Crippen molar-refractivity contribution in [1.29, 1.82) is 0 Å². The summed E-state index contributed by atoms with van der Waals surface area (Å²) >= 11 is 0. The molecule has 1 aliphatic heterocycles. The molecule has 1 aliphatic rings. The molecule has 1 saturated heterocycles. The number of hydrogen-bond acceptors (Lipinski definition) is 2. The van der Waals surface area contributed by atoms with Crippen molar-refractivity contribution in [2.75, 3.05) is 6.54 Å². The van der Waals surface area contributed by atoms with Crippen molar-refractivity contribution in [3.8, 4) is 5.69 Å². The van der Waals surface area contributed by atoms with Crippen LogP contribution in [0.15, 0.2) is 36.5 Å². The molecule has 1 N–H and O–H groups in total. The molecular weight excluding hydrogens is 270 g/mol. The van der Waals surface area contributed by atoms with Crippen molar-refractivity contribution >= 4 is 0 Å². The largest absolute Gasteiger partial charge is 0.314 e. The molecule has 1 atom stereocenters. The Hall–Kier alpha value is -1.61. The van der Waals surface area contributed by atoms with E-state index < -0.39 is 0 Å². The van der Waals surface area contributed by atoms with Crippen LogP contribution >= 0.6 is 0 Å². The molecule has 0 bridgehead atoms. The van der Waals surface area contributed by atoms with Crippen LogP contribution in [-0.4, -0.2) is 22.4 Å². The van der Waals surface area contributed by atoms with Crippen molar-refractivity contribution in [1.82, 2.24) is 15.1 Å². The highest BCUT2D eigenvalue weighted by molar-refractivity contribution is 5.37. The number of rotatable bonds is 3. The molecule has 1 unspecified atom stereocenters. The Morgan fingerprint density at radius 2 is 1.95 bits per heavy atom. The normalized spacial score (nSPS) is 19.3. The van der Waals surface area contributed by atoms with Crippen molar-refractivity contribution in [2.45, 2.75) is 57.9 Å². The van der Waals surface area contributed by atoms with Crippen LogP contribution in [0.4, 0.5) is 0 Å². The molecule has 118 valence electrons. The first-order valence-electron chi connectivity index (χ1n) is 8.42. The molecule has 2 heterocycles. The minimum Gasteiger partial charge on any atom is -0.314 e. The maximum atomic E-state index is 4.71. The van der Waals surface area contributed by atoms with E-state index in [1.807, 2.05) is 0 Å². The Bertz CT molecular complexity index is 601. The Morgan fingerprint density at radius 1 is 1.18 bits per heavy atom. The summed E-state index contributed by atoms with van der Waals surface area (Å²) in [5.41, 5.74) is 4.00. The predicted molar refractivity (Wildman–Crippen MR) is 91.6 cm³/mol. The molecule has 0 spiro atoms. The number of aromatic nitrogens is 2. The minimum absolute atomic E-state index is 0.122. The highest BCUT2D eigenvalue weighted by Crippen LogP contribution is 2.29. The van der Waals surface area contributed by atoms with E-state index in [-0.39, 0.29) is 5.41 Å². The second-order valence-electron chi connectivity index (χ2n) is 7.35. The first kappa shape index (κ1) is 15.3. The molecule has 0 amide bonds. The van der Waals surface area contributed by atoms with Crippen LogP contribution in [0.3, 0.4) is 0 Å². The van der Waals surface area contributed by atoms with Crippen molar-refractivity contribution in [3.63, 3.8) is 0 Å². The molecule has 1 fully saturated rings. The molecule has 3 rings (SSSR count). The van der Waals surface area contributed by atoms with Crippen LogP contribution in [0.1, 0.15) is 51.3 Å². The third-order valence-electron chi connectivity index (χ3n) is 4.53. The second kappa shape index (κ2) is 6.25. The topological polar surface area (TPSA) is 29.9 Å². The van der Waals surface area contributed by atoms with Crippen LogP contribution in [0.5, 0.6) is 0 Å². The number of nitrogens with zero attached hydrogens (tertiary/aromatic N) is 2. The third kappa shape index (κ3) is 3.25. The first-order chi connectivity index (χ1) is 10.6. The molecule has 3 nitrogen and oxygen atoms in total. The molecule has 1 aromatic heterocycles. The van der Waals surface area contributed by atoms with Gasteiger partial charge in [-0.05, 0) is 42.5 Å². The van der Waals surface area contributed by atoms with E-state index in [0.717, 1.165) is 18.7 Å². The lowest BCUT2D eigenvalue weighted by atomic mass is 9.85. The average molecular weight is 297 g/mol. The van der Waals surface area contributed by atoms with Gasteiger partial charge in [-0.2, -0.15) is 5.10 Å². The zero-order valence-corrected chi connectivity index (χ0v) is 14.0. The van der Waals surface area contributed by atoms with Gasteiger partial charge in [0.1, 0.15) is 0 Å². The lowest BCUT2D eigenvalue weighted by Crippen LogP contribution is -2.36. The third-order valence-corrected chi connectivity index (χ3v) is 4.53. The van der Waals surface area contributed by atoms with E-state index in [0.29, 0.717) is 6.04 Å². The van der Waals surface area contributed by atoms with Gasteiger partial charge in [0.2, 0.25) is 0 Å². The molecular formula is C19H27N3. The van der Waals surface area contributed by atoms with Gasteiger partial charge in [0.05, 0.1) is 11.9 Å². The van der Waals surface area contributed by atoms with Gasteiger partial charge in [-0.25, -0.2) is 4.68 Å². The summed E-state index contributed by atoms with van der Waals surface area (Å²) in [6.07, 6.45) is 7.03. The van der Waals surface area contributed by atoms with E-state index in [1.54, 1.807) is 0 Å². The minimum atomic E-state index is 0.122. The van der Waals surface area contributed by atoms with E-state index in [1.165, 1.54) is 30.5 Å². The van der Waals surface area contributed by atoms with Crippen LogP contribution in [0, 0.1) is 0 Å². The van der Waals surface area contributed by atoms with E-state index in [4.69, 9.17) is 5.10 Å². The van der Waals surface area contributed by atoms with E-state index in [2.05, 4.69) is 67.3 Å². The van der Waals surface area contributed by atoms with Crippen molar-refractivity contribution in [3.05, 3.63) is 47.8 Å². The summed E-state index contributed by atoms with van der Waals surface area (Å²) in [6, 6.07) is 11.1. The number of piperidine rings is 1. The van der Waals surface area contributed by atoms with Gasteiger partial charge in [0.25, 0.3) is 0 Å². The van der Waals surface area contributed by atoms with Gasteiger partial charge in [-0.1, -0.05) is 45.4 Å². The van der Waals surface area contributed by atoms with Crippen molar-refractivity contribution < 1.29 is 0 Å². The Morgan fingerprint density at radius 3 is 2.59 bits per heavy atom. The lowest BCUT2D eigenvalue weighted by molar-refractivity contribution is 0.392. The molecule has 0 radical (unpaired) electrons. The van der Waals surface area contributed by atoms with Crippen LogP contribution in [-0.2, 0) is 11.8 Å². The molecule has 0 saturated carbocycles. The van der Waals surface area contributed by atoms with Gasteiger partial charge in [0, 0.05) is 18.2 Å². The molecule has 1 aromatic carbocycles. The van der Waals surface area contributed by atoms with Crippen LogP contribution in [0.25, 0.3) is 5.69 Å². The summed E-state index contributed by atoms with van der Waals surface area (Å²) in [4.78, 5) is 0. The van der Waals surface area contributed by atoms with Gasteiger partial charge in [0.15, 0.2) is 0 Å². The Balaban J connectivity index is 1.98. The van der Waals surface area contributed by atoms with Crippen LogP contribution < -0.4 is 5.32 Å². The molecule has 0 aliphatic carbocycles. The molecule has 22 heavy (non-hydrogen) atoms. The summed E-state index contributed by atoms with van der Waals surface area (Å²) < 4.78 is 2.14. The van der Waals surface area contributed by atoms with E-state index in [9.17, 15) is 0 Å². The lowest BCUT2D eigenvalue weighted by Gasteiger charge is -2.26. The second-order valence-corrected chi connectivity index (χ2v) is 7.35. The van der Waals surface area contributed by atoms with Gasteiger partial charge < -0.3 is 5.32 Å². The molecule has 2 aromatic rings. The van der Waals surface area contributed by atoms with Gasteiger partial charge in [-0.15, -0.1) is 0 Å². The Labute approximate surface area is 133 Å². The number of nitrogens with one attached hydrogen (secondary N) is 1. The number of hydrogen-bond donors (Lipinski definition) is 1. The fraction of sp³-hybridized carbons (Fsp3) is 0.526. The van der Waals surface area contributed by atoms with Gasteiger partial charge in [-0.3, -0.25) is 0 Å². The first-order valence-corrected chi connectivity index (χ1v) is 8.42. The monoisotopic (exact) mass is 297 g/mol. The SMILES string of the molecule is CC(C)(C)c1cnn(-c2ccccc2)c1CC1CCCCN1. The standard InChI is InChI=1S/C19H27N3/c1-19(2,3)17-14-21-22(16-10-5-4-6-11-16)18(17)13-15-9-7-8-12-20-15/h4-6,10-11,14-15,20H,7-9,12-13H2,1-3H3.